The van der Waals surface area contributed by atoms with Crippen LogP contribution in [0.25, 0.3) is 0 Å². The van der Waals surface area contributed by atoms with E-state index < -0.39 is 0 Å². The number of hydrogen-bond acceptors (Lipinski definition) is 3. The number of nitrogens with zero attached hydrogens (tertiary/aromatic N) is 2. The number of carbonyl (C=O) groups is 1. The molecular weight excluding hydrogens is 353 g/mol. The Morgan fingerprint density at radius 1 is 1.36 bits per heavy atom. The molecular formula is C15H11BrFN3O2. The van der Waals surface area contributed by atoms with Crippen LogP contribution in [-0.4, -0.2) is 15.7 Å². The average Bonchev–Trinajstić information content (AvgIpc) is 3.08. The number of rotatable bonds is 4. The van der Waals surface area contributed by atoms with Crippen LogP contribution in [0, 0.1) is 5.82 Å². The Morgan fingerprint density at radius 3 is 2.95 bits per heavy atom. The van der Waals surface area contributed by atoms with Gasteiger partial charge in [-0.2, -0.15) is 5.10 Å². The minimum Gasteiger partial charge on any atom is -0.444 e. The second-order valence-corrected chi connectivity index (χ2v) is 5.40. The molecule has 0 bridgehead atoms. The normalized spacial score (nSPS) is 10.6. The zero-order valence-corrected chi connectivity index (χ0v) is 12.9. The molecule has 0 aliphatic carbocycles. The van der Waals surface area contributed by atoms with E-state index in [0.717, 1.165) is 5.56 Å². The van der Waals surface area contributed by atoms with Crippen LogP contribution in [0.15, 0.2) is 57.9 Å². The molecule has 2 heterocycles. The van der Waals surface area contributed by atoms with E-state index in [4.69, 9.17) is 4.42 Å². The molecule has 3 rings (SSSR count). The summed E-state index contributed by atoms with van der Waals surface area (Å²) < 4.78 is 20.4. The van der Waals surface area contributed by atoms with Gasteiger partial charge in [0.15, 0.2) is 10.4 Å². The van der Waals surface area contributed by atoms with E-state index in [1.807, 2.05) is 6.07 Å². The molecule has 22 heavy (non-hydrogen) atoms. The zero-order chi connectivity index (χ0) is 15.5. The van der Waals surface area contributed by atoms with Crippen LogP contribution in [-0.2, 0) is 6.54 Å². The van der Waals surface area contributed by atoms with Gasteiger partial charge < -0.3 is 9.73 Å². The Kier molecular flexibility index (Phi) is 4.06. The predicted molar refractivity (Wildman–Crippen MR) is 82.1 cm³/mol. The summed E-state index contributed by atoms with van der Waals surface area (Å²) in [5.41, 5.74) is 1.32. The molecule has 112 valence electrons. The SMILES string of the molecule is O=C(Nc1cnn(Cc2cccc(F)c2)c1)c1ccc(Br)o1. The highest BCUT2D eigenvalue weighted by Gasteiger charge is 2.11. The zero-order valence-electron chi connectivity index (χ0n) is 11.3. The maximum atomic E-state index is 13.1. The summed E-state index contributed by atoms with van der Waals surface area (Å²) in [4.78, 5) is 11.9. The lowest BCUT2D eigenvalue weighted by molar-refractivity contribution is 0.0995. The van der Waals surface area contributed by atoms with Crippen molar-refractivity contribution in [3.63, 3.8) is 0 Å². The average molecular weight is 364 g/mol. The summed E-state index contributed by atoms with van der Waals surface area (Å²) in [6.45, 7) is 0.417. The van der Waals surface area contributed by atoms with Gasteiger partial charge in [-0.1, -0.05) is 12.1 Å². The molecule has 0 radical (unpaired) electrons. The third kappa shape index (κ3) is 3.43. The fraction of sp³-hybridized carbons (Fsp3) is 0.0667. The molecule has 0 aliphatic heterocycles. The van der Waals surface area contributed by atoms with Gasteiger partial charge in [0.05, 0.1) is 18.4 Å². The molecule has 7 heteroatoms. The third-order valence-corrected chi connectivity index (χ3v) is 3.35. The molecule has 3 aromatic rings. The summed E-state index contributed by atoms with van der Waals surface area (Å²) in [6.07, 6.45) is 3.19. The lowest BCUT2D eigenvalue weighted by Crippen LogP contribution is -2.10. The Hall–Kier alpha value is -2.41. The number of halogens is 2. The number of furan rings is 1. The minimum atomic E-state index is -0.365. The Labute approximate surface area is 133 Å². The molecule has 1 aromatic carbocycles. The third-order valence-electron chi connectivity index (χ3n) is 2.92. The first-order chi connectivity index (χ1) is 10.6. The van der Waals surface area contributed by atoms with Crippen molar-refractivity contribution in [2.45, 2.75) is 6.54 Å². The molecule has 0 aliphatic rings. The quantitative estimate of drug-likeness (QED) is 0.768. The molecule has 1 amide bonds. The van der Waals surface area contributed by atoms with Crippen molar-refractivity contribution < 1.29 is 13.6 Å². The van der Waals surface area contributed by atoms with Crippen molar-refractivity contribution in [1.29, 1.82) is 0 Å². The molecule has 0 saturated carbocycles. The van der Waals surface area contributed by atoms with Crippen molar-refractivity contribution in [2.75, 3.05) is 5.32 Å². The first-order valence-electron chi connectivity index (χ1n) is 6.44. The molecule has 1 N–H and O–H groups in total. The fourth-order valence-electron chi connectivity index (χ4n) is 1.97. The highest BCUT2D eigenvalue weighted by Crippen LogP contribution is 2.16. The number of anilines is 1. The van der Waals surface area contributed by atoms with Crippen LogP contribution >= 0.6 is 15.9 Å². The number of hydrogen-bond donors (Lipinski definition) is 1. The van der Waals surface area contributed by atoms with Gasteiger partial charge in [0.2, 0.25) is 0 Å². The van der Waals surface area contributed by atoms with Gasteiger partial charge >= 0.3 is 0 Å². The Balaban J connectivity index is 1.67. The Bertz CT molecular complexity index is 812. The standard InChI is InChI=1S/C15H11BrFN3O2/c16-14-5-4-13(22-14)15(21)19-12-7-18-20(9-12)8-10-2-1-3-11(17)6-10/h1-7,9H,8H2,(H,19,21). The molecule has 0 unspecified atom stereocenters. The van der Waals surface area contributed by atoms with Crippen LogP contribution in [0.1, 0.15) is 16.1 Å². The number of nitrogens with one attached hydrogen (secondary N) is 1. The first kappa shape index (κ1) is 14.5. The van der Waals surface area contributed by atoms with Gasteiger partial charge in [-0.05, 0) is 45.8 Å². The second kappa shape index (κ2) is 6.15. The minimum absolute atomic E-state index is 0.199. The molecule has 2 aromatic heterocycles. The van der Waals surface area contributed by atoms with E-state index in [1.165, 1.54) is 18.3 Å². The van der Waals surface area contributed by atoms with Crippen LogP contribution < -0.4 is 5.32 Å². The number of benzene rings is 1. The van der Waals surface area contributed by atoms with E-state index in [1.54, 1.807) is 29.1 Å². The van der Waals surface area contributed by atoms with Crippen molar-refractivity contribution >= 4 is 27.5 Å². The highest BCUT2D eigenvalue weighted by molar-refractivity contribution is 9.10. The lowest BCUT2D eigenvalue weighted by Gasteiger charge is -2.02. The molecule has 0 fully saturated rings. The van der Waals surface area contributed by atoms with Crippen LogP contribution in [0.2, 0.25) is 0 Å². The van der Waals surface area contributed by atoms with E-state index in [2.05, 4.69) is 26.3 Å². The van der Waals surface area contributed by atoms with E-state index in [0.29, 0.717) is 16.9 Å². The van der Waals surface area contributed by atoms with Gasteiger partial charge in [0, 0.05) is 6.20 Å². The molecule has 5 nitrogen and oxygen atoms in total. The summed E-state index contributed by atoms with van der Waals surface area (Å²) in [7, 11) is 0. The van der Waals surface area contributed by atoms with E-state index >= 15 is 0 Å². The van der Waals surface area contributed by atoms with E-state index in [-0.39, 0.29) is 17.5 Å². The maximum Gasteiger partial charge on any atom is 0.291 e. The number of aromatic nitrogens is 2. The fourth-order valence-corrected chi connectivity index (χ4v) is 2.27. The molecule has 0 atom stereocenters. The monoisotopic (exact) mass is 363 g/mol. The van der Waals surface area contributed by atoms with Gasteiger partial charge in [-0.25, -0.2) is 4.39 Å². The molecule has 0 spiro atoms. The van der Waals surface area contributed by atoms with Gasteiger partial charge in [0.1, 0.15) is 5.82 Å². The highest BCUT2D eigenvalue weighted by atomic mass is 79.9. The van der Waals surface area contributed by atoms with Crippen molar-refractivity contribution in [1.82, 2.24) is 9.78 Å². The first-order valence-corrected chi connectivity index (χ1v) is 7.23. The smallest absolute Gasteiger partial charge is 0.291 e. The van der Waals surface area contributed by atoms with Crippen molar-refractivity contribution in [3.05, 3.63) is 70.6 Å². The summed E-state index contributed by atoms with van der Waals surface area (Å²) in [5.74, 6) is -0.456. The van der Waals surface area contributed by atoms with Gasteiger partial charge in [0.25, 0.3) is 5.91 Å². The van der Waals surface area contributed by atoms with Crippen LogP contribution in [0.4, 0.5) is 10.1 Å². The predicted octanol–water partition coefficient (Wildman–Crippen LogP) is 3.68. The summed E-state index contributed by atoms with van der Waals surface area (Å²) in [6, 6.07) is 9.49. The van der Waals surface area contributed by atoms with Gasteiger partial charge in [-0.3, -0.25) is 9.48 Å². The van der Waals surface area contributed by atoms with Crippen LogP contribution in [0.5, 0.6) is 0 Å². The largest absolute Gasteiger partial charge is 0.444 e. The molecule has 0 saturated heterocycles. The number of carbonyl (C=O) groups excluding carboxylic acids is 1. The maximum absolute atomic E-state index is 13.1. The van der Waals surface area contributed by atoms with Crippen molar-refractivity contribution in [2.24, 2.45) is 0 Å². The second-order valence-electron chi connectivity index (χ2n) is 4.61. The Morgan fingerprint density at radius 2 is 2.23 bits per heavy atom. The van der Waals surface area contributed by atoms with Crippen LogP contribution in [0.3, 0.4) is 0 Å². The summed E-state index contributed by atoms with van der Waals surface area (Å²) in [5, 5.41) is 6.81. The lowest BCUT2D eigenvalue weighted by atomic mass is 10.2. The van der Waals surface area contributed by atoms with E-state index in [9.17, 15) is 9.18 Å². The summed E-state index contributed by atoms with van der Waals surface area (Å²) >= 11 is 3.14. The van der Waals surface area contributed by atoms with Gasteiger partial charge in [-0.15, -0.1) is 0 Å². The number of amides is 1. The van der Waals surface area contributed by atoms with Crippen molar-refractivity contribution in [3.8, 4) is 0 Å². The topological polar surface area (TPSA) is 60.1 Å².